The summed E-state index contributed by atoms with van der Waals surface area (Å²) in [6.45, 7) is 0.682. The van der Waals surface area contributed by atoms with Crippen LogP contribution in [0.25, 0.3) is 22.2 Å². The highest BCUT2D eigenvalue weighted by molar-refractivity contribution is 5.86. The number of hydrogen-bond acceptors (Lipinski definition) is 4. The summed E-state index contributed by atoms with van der Waals surface area (Å²) in [7, 11) is 0. The molecule has 0 unspecified atom stereocenters. The van der Waals surface area contributed by atoms with E-state index in [1.54, 1.807) is 0 Å². The van der Waals surface area contributed by atoms with Gasteiger partial charge in [-0.2, -0.15) is 4.98 Å². The third-order valence-corrected chi connectivity index (χ3v) is 3.59. The first kappa shape index (κ1) is 11.6. The quantitative estimate of drug-likeness (QED) is 0.787. The summed E-state index contributed by atoms with van der Waals surface area (Å²) in [5, 5.41) is 9.80. The predicted molar refractivity (Wildman–Crippen MR) is 77.1 cm³/mol. The van der Waals surface area contributed by atoms with Crippen LogP contribution in [-0.4, -0.2) is 16.2 Å². The van der Waals surface area contributed by atoms with Gasteiger partial charge in [0.15, 0.2) is 5.82 Å². The summed E-state index contributed by atoms with van der Waals surface area (Å²) >= 11 is 0. The predicted octanol–water partition coefficient (Wildman–Crippen LogP) is 3.14. The van der Waals surface area contributed by atoms with E-state index in [1.807, 2.05) is 18.2 Å². The number of fused-ring (bicyclic) bond motifs is 1. The topological polar surface area (TPSA) is 51.0 Å². The summed E-state index contributed by atoms with van der Waals surface area (Å²) in [5.74, 6) is 1.31. The van der Waals surface area contributed by atoms with Gasteiger partial charge in [0, 0.05) is 11.6 Å². The monoisotopic (exact) mass is 265 g/mol. The zero-order chi connectivity index (χ0) is 13.4. The van der Waals surface area contributed by atoms with Crippen molar-refractivity contribution in [3.63, 3.8) is 0 Å². The molecule has 0 bridgehead atoms. The SMILES string of the molecule is c1ccc2cc(-c3nc(CNC4CC4)no3)ccc2c1. The van der Waals surface area contributed by atoms with Crippen LogP contribution in [0.2, 0.25) is 0 Å². The van der Waals surface area contributed by atoms with Gasteiger partial charge < -0.3 is 9.84 Å². The summed E-state index contributed by atoms with van der Waals surface area (Å²) in [6, 6.07) is 15.1. The minimum atomic E-state index is 0.586. The number of aromatic nitrogens is 2. The molecular weight excluding hydrogens is 250 g/mol. The van der Waals surface area contributed by atoms with Crippen LogP contribution in [0.5, 0.6) is 0 Å². The van der Waals surface area contributed by atoms with Crippen molar-refractivity contribution in [3.05, 3.63) is 48.3 Å². The Labute approximate surface area is 116 Å². The van der Waals surface area contributed by atoms with Gasteiger partial charge >= 0.3 is 0 Å². The minimum absolute atomic E-state index is 0.586. The Morgan fingerprint density at radius 3 is 2.80 bits per heavy atom. The molecule has 0 spiro atoms. The van der Waals surface area contributed by atoms with E-state index in [1.165, 1.54) is 23.6 Å². The maximum Gasteiger partial charge on any atom is 0.257 e. The molecule has 0 amide bonds. The Kier molecular flexibility index (Phi) is 2.74. The lowest BCUT2D eigenvalue weighted by Crippen LogP contribution is -2.16. The van der Waals surface area contributed by atoms with E-state index in [4.69, 9.17) is 4.52 Å². The van der Waals surface area contributed by atoms with Gasteiger partial charge in [-0.3, -0.25) is 0 Å². The molecule has 3 aromatic rings. The van der Waals surface area contributed by atoms with E-state index >= 15 is 0 Å². The molecule has 1 fully saturated rings. The third-order valence-electron chi connectivity index (χ3n) is 3.59. The molecule has 20 heavy (non-hydrogen) atoms. The molecule has 1 aromatic heterocycles. The first-order chi connectivity index (χ1) is 9.88. The molecule has 0 aliphatic heterocycles. The molecule has 1 aliphatic carbocycles. The molecule has 100 valence electrons. The van der Waals surface area contributed by atoms with Gasteiger partial charge in [0.05, 0.1) is 6.54 Å². The Balaban J connectivity index is 1.60. The molecule has 1 aliphatic rings. The first-order valence-corrected chi connectivity index (χ1v) is 6.94. The summed E-state index contributed by atoms with van der Waals surface area (Å²) in [5.41, 5.74) is 0.967. The van der Waals surface area contributed by atoms with Crippen molar-refractivity contribution in [1.82, 2.24) is 15.5 Å². The van der Waals surface area contributed by atoms with E-state index in [0.717, 1.165) is 11.4 Å². The van der Waals surface area contributed by atoms with E-state index in [2.05, 4.69) is 39.7 Å². The van der Waals surface area contributed by atoms with E-state index in [0.29, 0.717) is 18.5 Å². The number of hydrogen-bond donors (Lipinski definition) is 1. The van der Waals surface area contributed by atoms with Crippen LogP contribution < -0.4 is 5.32 Å². The lowest BCUT2D eigenvalue weighted by atomic mass is 10.1. The average Bonchev–Trinajstić information content (AvgIpc) is 3.21. The van der Waals surface area contributed by atoms with Gasteiger partial charge in [0.2, 0.25) is 0 Å². The molecular formula is C16H15N3O. The molecule has 4 rings (SSSR count). The Morgan fingerprint density at radius 1 is 1.10 bits per heavy atom. The smallest absolute Gasteiger partial charge is 0.257 e. The van der Waals surface area contributed by atoms with Gasteiger partial charge in [-0.05, 0) is 35.7 Å². The fourth-order valence-electron chi connectivity index (χ4n) is 2.29. The minimum Gasteiger partial charge on any atom is -0.334 e. The fourth-order valence-corrected chi connectivity index (χ4v) is 2.29. The van der Waals surface area contributed by atoms with Gasteiger partial charge in [-0.15, -0.1) is 0 Å². The summed E-state index contributed by atoms with van der Waals surface area (Å²) in [4.78, 5) is 4.45. The number of nitrogens with zero attached hydrogens (tertiary/aromatic N) is 2. The van der Waals surface area contributed by atoms with Crippen molar-refractivity contribution in [2.75, 3.05) is 0 Å². The van der Waals surface area contributed by atoms with Gasteiger partial charge in [0.25, 0.3) is 5.89 Å². The van der Waals surface area contributed by atoms with E-state index in [-0.39, 0.29) is 0 Å². The van der Waals surface area contributed by atoms with Crippen LogP contribution >= 0.6 is 0 Å². The highest BCUT2D eigenvalue weighted by Gasteiger charge is 2.21. The number of benzene rings is 2. The highest BCUT2D eigenvalue weighted by Crippen LogP contribution is 2.23. The van der Waals surface area contributed by atoms with Gasteiger partial charge in [-0.25, -0.2) is 0 Å². The Bertz CT molecular complexity index is 746. The zero-order valence-electron chi connectivity index (χ0n) is 11.0. The second-order valence-corrected chi connectivity index (χ2v) is 5.23. The first-order valence-electron chi connectivity index (χ1n) is 6.94. The van der Waals surface area contributed by atoms with Gasteiger partial charge in [0.1, 0.15) is 0 Å². The average molecular weight is 265 g/mol. The molecule has 4 nitrogen and oxygen atoms in total. The lowest BCUT2D eigenvalue weighted by Gasteiger charge is -1.99. The maximum atomic E-state index is 5.35. The Morgan fingerprint density at radius 2 is 1.95 bits per heavy atom. The fraction of sp³-hybridized carbons (Fsp3) is 0.250. The van der Waals surface area contributed by atoms with Crippen molar-refractivity contribution in [2.24, 2.45) is 0 Å². The van der Waals surface area contributed by atoms with Gasteiger partial charge in [-0.1, -0.05) is 35.5 Å². The highest BCUT2D eigenvalue weighted by atomic mass is 16.5. The van der Waals surface area contributed by atoms with Crippen LogP contribution in [0.4, 0.5) is 0 Å². The van der Waals surface area contributed by atoms with Crippen molar-refractivity contribution in [3.8, 4) is 11.5 Å². The van der Waals surface area contributed by atoms with E-state index < -0.39 is 0 Å². The van der Waals surface area contributed by atoms with Crippen LogP contribution in [0.15, 0.2) is 47.0 Å². The normalized spacial score (nSPS) is 14.8. The molecule has 1 heterocycles. The second-order valence-electron chi connectivity index (χ2n) is 5.23. The number of nitrogens with one attached hydrogen (secondary N) is 1. The Hall–Kier alpha value is -2.20. The molecule has 1 N–H and O–H groups in total. The molecule has 4 heteroatoms. The zero-order valence-corrected chi connectivity index (χ0v) is 11.0. The maximum absolute atomic E-state index is 5.35. The van der Waals surface area contributed by atoms with Crippen molar-refractivity contribution in [2.45, 2.75) is 25.4 Å². The second kappa shape index (κ2) is 4.72. The van der Waals surface area contributed by atoms with Crippen LogP contribution in [0.3, 0.4) is 0 Å². The molecule has 0 atom stereocenters. The van der Waals surface area contributed by atoms with Crippen molar-refractivity contribution >= 4 is 10.8 Å². The van der Waals surface area contributed by atoms with E-state index in [9.17, 15) is 0 Å². The summed E-state index contributed by atoms with van der Waals surface area (Å²) < 4.78 is 5.35. The summed E-state index contributed by atoms with van der Waals surface area (Å²) in [6.07, 6.45) is 2.52. The van der Waals surface area contributed by atoms with Crippen LogP contribution in [-0.2, 0) is 6.54 Å². The van der Waals surface area contributed by atoms with Crippen LogP contribution in [0, 0.1) is 0 Å². The van der Waals surface area contributed by atoms with Crippen LogP contribution in [0.1, 0.15) is 18.7 Å². The molecule has 0 radical (unpaired) electrons. The molecule has 1 saturated carbocycles. The van der Waals surface area contributed by atoms with Crippen molar-refractivity contribution < 1.29 is 4.52 Å². The number of rotatable bonds is 4. The molecule has 2 aromatic carbocycles. The standard InChI is InChI=1S/C16H15N3O/c1-2-4-12-9-13(6-5-11(12)3-1)16-18-15(19-20-16)10-17-14-7-8-14/h1-6,9,14,17H,7-8,10H2. The largest absolute Gasteiger partial charge is 0.334 e. The van der Waals surface area contributed by atoms with Crippen molar-refractivity contribution in [1.29, 1.82) is 0 Å². The third kappa shape index (κ3) is 2.30. The molecule has 0 saturated heterocycles. The lowest BCUT2D eigenvalue weighted by molar-refractivity contribution is 0.419.